The molecule has 0 aliphatic heterocycles. The highest BCUT2D eigenvalue weighted by Crippen LogP contribution is 2.15. The van der Waals surface area contributed by atoms with Crippen LogP contribution in [0.25, 0.3) is 0 Å². The van der Waals surface area contributed by atoms with Crippen molar-refractivity contribution in [1.29, 1.82) is 0 Å². The van der Waals surface area contributed by atoms with E-state index in [-0.39, 0.29) is 6.04 Å². The Hall–Kier alpha value is -0.970. The predicted molar refractivity (Wildman–Crippen MR) is 67.8 cm³/mol. The summed E-state index contributed by atoms with van der Waals surface area (Å²) >= 11 is 0. The van der Waals surface area contributed by atoms with Gasteiger partial charge in [0.2, 0.25) is 0 Å². The molecule has 1 heterocycles. The van der Waals surface area contributed by atoms with Crippen molar-refractivity contribution in [3.8, 4) is 0 Å². The summed E-state index contributed by atoms with van der Waals surface area (Å²) in [6.07, 6.45) is 3.42. The second kappa shape index (κ2) is 8.17. The highest BCUT2D eigenvalue weighted by Gasteiger charge is 2.12. The lowest BCUT2D eigenvalue weighted by Crippen LogP contribution is -2.33. The number of aliphatic hydroxyl groups excluding tert-OH is 1. The first-order valence-electron chi connectivity index (χ1n) is 6.09. The van der Waals surface area contributed by atoms with Crippen molar-refractivity contribution in [2.45, 2.75) is 31.9 Å². The molecule has 0 amide bonds. The Labute approximate surface area is 103 Å². The lowest BCUT2D eigenvalue weighted by molar-refractivity contribution is 0.0623. The van der Waals surface area contributed by atoms with Gasteiger partial charge in [0.25, 0.3) is 0 Å². The molecule has 17 heavy (non-hydrogen) atoms. The Morgan fingerprint density at radius 3 is 2.88 bits per heavy atom. The summed E-state index contributed by atoms with van der Waals surface area (Å²) in [5.74, 6) is 0. The molecule has 2 atom stereocenters. The van der Waals surface area contributed by atoms with E-state index >= 15 is 0 Å². The first-order chi connectivity index (χ1) is 8.27. The van der Waals surface area contributed by atoms with Crippen LogP contribution in [0.5, 0.6) is 0 Å². The van der Waals surface area contributed by atoms with E-state index in [1.807, 2.05) is 18.2 Å². The first-order valence-corrected chi connectivity index (χ1v) is 6.09. The number of methoxy groups -OCH3 is 1. The Morgan fingerprint density at radius 2 is 2.29 bits per heavy atom. The Morgan fingerprint density at radius 1 is 1.47 bits per heavy atom. The molecule has 0 saturated heterocycles. The third-order valence-electron chi connectivity index (χ3n) is 2.58. The van der Waals surface area contributed by atoms with Crippen LogP contribution in [0.15, 0.2) is 24.4 Å². The lowest BCUT2D eigenvalue weighted by atomic mass is 10.1. The summed E-state index contributed by atoms with van der Waals surface area (Å²) in [5.41, 5.74) is 1.03. The van der Waals surface area contributed by atoms with Gasteiger partial charge in [-0.3, -0.25) is 4.98 Å². The van der Waals surface area contributed by atoms with Gasteiger partial charge in [-0.25, -0.2) is 0 Å². The van der Waals surface area contributed by atoms with Crippen LogP contribution in [0.3, 0.4) is 0 Å². The van der Waals surface area contributed by atoms with Crippen molar-refractivity contribution in [2.75, 3.05) is 20.3 Å². The third kappa shape index (κ3) is 5.26. The van der Waals surface area contributed by atoms with Crippen molar-refractivity contribution in [3.63, 3.8) is 0 Å². The quantitative estimate of drug-likeness (QED) is 0.721. The van der Waals surface area contributed by atoms with Gasteiger partial charge in [0.05, 0.1) is 18.4 Å². The number of ether oxygens (including phenoxy) is 1. The molecule has 1 aromatic heterocycles. The largest absolute Gasteiger partial charge is 0.389 e. The molecule has 0 aromatic carbocycles. The molecule has 1 rings (SSSR count). The van der Waals surface area contributed by atoms with Crippen molar-refractivity contribution >= 4 is 0 Å². The molecule has 0 radical (unpaired) electrons. The van der Waals surface area contributed by atoms with Crippen molar-refractivity contribution in [2.24, 2.45) is 0 Å². The Balaban J connectivity index is 2.49. The van der Waals surface area contributed by atoms with E-state index in [2.05, 4.69) is 17.2 Å². The third-order valence-corrected chi connectivity index (χ3v) is 2.58. The van der Waals surface area contributed by atoms with Gasteiger partial charge in [-0.2, -0.15) is 0 Å². The van der Waals surface area contributed by atoms with Crippen molar-refractivity contribution in [1.82, 2.24) is 10.3 Å². The molecule has 96 valence electrons. The van der Waals surface area contributed by atoms with Crippen LogP contribution in [-0.4, -0.2) is 36.5 Å². The SMILES string of the molecule is CCCC(NCC(O)COC)c1ccccn1. The second-order valence-corrected chi connectivity index (χ2v) is 4.11. The number of pyridine rings is 1. The molecule has 0 aliphatic carbocycles. The van der Waals surface area contributed by atoms with Crippen LogP contribution in [-0.2, 0) is 4.74 Å². The number of nitrogens with one attached hydrogen (secondary N) is 1. The maximum atomic E-state index is 9.61. The fourth-order valence-electron chi connectivity index (χ4n) is 1.75. The van der Waals surface area contributed by atoms with E-state index in [1.54, 1.807) is 13.3 Å². The minimum atomic E-state index is -0.469. The van der Waals surface area contributed by atoms with Crippen LogP contribution in [0, 0.1) is 0 Å². The van der Waals surface area contributed by atoms with Gasteiger partial charge >= 0.3 is 0 Å². The number of hydrogen-bond acceptors (Lipinski definition) is 4. The topological polar surface area (TPSA) is 54.4 Å². The molecule has 0 aliphatic rings. The van der Waals surface area contributed by atoms with Gasteiger partial charge in [-0.05, 0) is 18.6 Å². The predicted octanol–water partition coefficient (Wildman–Crippen LogP) is 1.52. The molecule has 4 nitrogen and oxygen atoms in total. The maximum Gasteiger partial charge on any atom is 0.0897 e. The Bertz CT molecular complexity index is 293. The van der Waals surface area contributed by atoms with E-state index in [9.17, 15) is 5.11 Å². The minimum Gasteiger partial charge on any atom is -0.389 e. The zero-order chi connectivity index (χ0) is 12.5. The van der Waals surface area contributed by atoms with Gasteiger partial charge in [-0.1, -0.05) is 19.4 Å². The summed E-state index contributed by atoms with van der Waals surface area (Å²) in [5, 5.41) is 12.9. The van der Waals surface area contributed by atoms with Crippen LogP contribution < -0.4 is 5.32 Å². The van der Waals surface area contributed by atoms with Crippen LogP contribution in [0.2, 0.25) is 0 Å². The second-order valence-electron chi connectivity index (χ2n) is 4.11. The average molecular weight is 238 g/mol. The fourth-order valence-corrected chi connectivity index (χ4v) is 1.75. The van der Waals surface area contributed by atoms with E-state index in [0.29, 0.717) is 13.2 Å². The summed E-state index contributed by atoms with van der Waals surface area (Å²) < 4.78 is 4.90. The molecule has 2 unspecified atom stereocenters. The molecule has 0 saturated carbocycles. The molecular weight excluding hydrogens is 216 g/mol. The minimum absolute atomic E-state index is 0.202. The van der Waals surface area contributed by atoms with E-state index in [0.717, 1.165) is 18.5 Å². The number of aliphatic hydroxyl groups is 1. The summed E-state index contributed by atoms with van der Waals surface area (Å²) in [6.45, 7) is 3.02. The molecule has 0 bridgehead atoms. The average Bonchev–Trinajstić information content (AvgIpc) is 2.36. The van der Waals surface area contributed by atoms with Gasteiger partial charge in [-0.15, -0.1) is 0 Å². The number of aromatic nitrogens is 1. The number of rotatable bonds is 8. The van der Waals surface area contributed by atoms with Crippen LogP contribution in [0.1, 0.15) is 31.5 Å². The van der Waals surface area contributed by atoms with Gasteiger partial charge in [0, 0.05) is 25.9 Å². The fraction of sp³-hybridized carbons (Fsp3) is 0.615. The molecule has 0 fully saturated rings. The highest BCUT2D eigenvalue weighted by atomic mass is 16.5. The normalized spacial score (nSPS) is 14.5. The van der Waals surface area contributed by atoms with Gasteiger partial charge in [0.1, 0.15) is 0 Å². The van der Waals surface area contributed by atoms with Gasteiger partial charge in [0.15, 0.2) is 0 Å². The molecular formula is C13H22N2O2. The van der Waals surface area contributed by atoms with Gasteiger partial charge < -0.3 is 15.2 Å². The monoisotopic (exact) mass is 238 g/mol. The standard InChI is InChI=1S/C13H22N2O2/c1-3-6-12(13-7-4-5-8-14-13)15-9-11(16)10-17-2/h4-5,7-8,11-12,15-16H,3,6,9-10H2,1-2H3. The summed E-state index contributed by atoms with van der Waals surface area (Å²) in [7, 11) is 1.59. The maximum absolute atomic E-state index is 9.61. The summed E-state index contributed by atoms with van der Waals surface area (Å²) in [4.78, 5) is 4.35. The molecule has 1 aromatic rings. The number of nitrogens with zero attached hydrogens (tertiary/aromatic N) is 1. The van der Waals surface area contributed by atoms with Crippen molar-refractivity contribution < 1.29 is 9.84 Å². The van der Waals surface area contributed by atoms with Crippen LogP contribution >= 0.6 is 0 Å². The highest BCUT2D eigenvalue weighted by molar-refractivity contribution is 5.08. The van der Waals surface area contributed by atoms with Crippen molar-refractivity contribution in [3.05, 3.63) is 30.1 Å². The molecule has 0 spiro atoms. The smallest absolute Gasteiger partial charge is 0.0897 e. The Kier molecular flexibility index (Phi) is 6.77. The lowest BCUT2D eigenvalue weighted by Gasteiger charge is -2.19. The first kappa shape index (κ1) is 14.1. The molecule has 2 N–H and O–H groups in total. The zero-order valence-electron chi connectivity index (χ0n) is 10.6. The van der Waals surface area contributed by atoms with E-state index < -0.39 is 6.10 Å². The molecule has 4 heteroatoms. The van der Waals surface area contributed by atoms with E-state index in [1.165, 1.54) is 0 Å². The summed E-state index contributed by atoms with van der Waals surface area (Å²) in [6, 6.07) is 6.10. The van der Waals surface area contributed by atoms with E-state index in [4.69, 9.17) is 4.74 Å². The number of hydrogen-bond donors (Lipinski definition) is 2. The van der Waals surface area contributed by atoms with Crippen LogP contribution in [0.4, 0.5) is 0 Å². The zero-order valence-corrected chi connectivity index (χ0v) is 10.6.